The van der Waals surface area contributed by atoms with Crippen molar-refractivity contribution < 1.29 is 19.1 Å². The molecule has 2 aliphatic carbocycles. The first kappa shape index (κ1) is 12.2. The summed E-state index contributed by atoms with van der Waals surface area (Å²) in [4.78, 5) is 23.9. The fourth-order valence-corrected chi connectivity index (χ4v) is 3.02. The highest BCUT2D eigenvalue weighted by Gasteiger charge is 2.54. The maximum atomic E-state index is 12.4. The minimum atomic E-state index is -0.973. The molecule has 1 aliphatic heterocycles. The molecule has 0 N–H and O–H groups in total. The molecular formula is C15H16O4. The van der Waals surface area contributed by atoms with E-state index in [1.54, 1.807) is 13.0 Å². The zero-order valence-corrected chi connectivity index (χ0v) is 10.9. The van der Waals surface area contributed by atoms with Crippen molar-refractivity contribution in [1.82, 2.24) is 0 Å². The van der Waals surface area contributed by atoms with Gasteiger partial charge in [-0.25, -0.2) is 0 Å². The maximum absolute atomic E-state index is 12.4. The van der Waals surface area contributed by atoms with Gasteiger partial charge in [-0.3, -0.25) is 9.59 Å². The quantitative estimate of drug-likeness (QED) is 0.715. The number of hydrogen-bond acceptors (Lipinski definition) is 4. The van der Waals surface area contributed by atoms with Crippen molar-refractivity contribution in [2.75, 3.05) is 6.61 Å². The number of hydrogen-bond donors (Lipinski definition) is 0. The molecular weight excluding hydrogens is 244 g/mol. The summed E-state index contributed by atoms with van der Waals surface area (Å²) in [5.41, 5.74) is 0.00634. The Hall–Kier alpha value is -1.84. The van der Waals surface area contributed by atoms with Crippen LogP contribution >= 0.6 is 0 Å². The Morgan fingerprint density at radius 2 is 2.21 bits per heavy atom. The van der Waals surface area contributed by atoms with Crippen LogP contribution in [0, 0.1) is 5.41 Å². The van der Waals surface area contributed by atoms with Gasteiger partial charge in [0.25, 0.3) is 0 Å². The van der Waals surface area contributed by atoms with Crippen molar-refractivity contribution in [3.05, 3.63) is 35.3 Å². The van der Waals surface area contributed by atoms with Gasteiger partial charge >= 0.3 is 5.97 Å². The van der Waals surface area contributed by atoms with E-state index in [0.717, 1.165) is 37.0 Å². The highest BCUT2D eigenvalue weighted by Crippen LogP contribution is 2.53. The molecule has 1 unspecified atom stereocenters. The highest BCUT2D eigenvalue weighted by atomic mass is 16.5. The van der Waals surface area contributed by atoms with Gasteiger partial charge in [-0.1, -0.05) is 6.08 Å². The number of ketones is 1. The molecule has 4 heteroatoms. The first-order valence-corrected chi connectivity index (χ1v) is 6.71. The van der Waals surface area contributed by atoms with Crippen LogP contribution < -0.4 is 0 Å². The average Bonchev–Trinajstić information content (AvgIpc) is 2.73. The third-order valence-electron chi connectivity index (χ3n) is 3.88. The minimum Gasteiger partial charge on any atom is -0.465 e. The molecule has 0 fully saturated rings. The van der Waals surface area contributed by atoms with Crippen LogP contribution in [0.15, 0.2) is 35.3 Å². The van der Waals surface area contributed by atoms with Crippen molar-refractivity contribution >= 4 is 11.8 Å². The third-order valence-corrected chi connectivity index (χ3v) is 3.88. The zero-order chi connectivity index (χ0) is 13.5. The number of carbonyl (C=O) groups excluding carboxylic acids is 2. The molecule has 0 aromatic rings. The second-order valence-electron chi connectivity index (χ2n) is 4.98. The molecule has 0 aromatic carbocycles. The van der Waals surface area contributed by atoms with Gasteiger partial charge in [0.2, 0.25) is 0 Å². The van der Waals surface area contributed by atoms with E-state index in [9.17, 15) is 9.59 Å². The van der Waals surface area contributed by atoms with Crippen LogP contribution in [0.3, 0.4) is 0 Å². The van der Waals surface area contributed by atoms with Gasteiger partial charge in [-0.15, -0.1) is 0 Å². The number of esters is 1. The fraction of sp³-hybridized carbons (Fsp3) is 0.467. The summed E-state index contributed by atoms with van der Waals surface area (Å²) in [6.07, 6.45) is 8.25. The van der Waals surface area contributed by atoms with Crippen LogP contribution in [0.2, 0.25) is 0 Å². The maximum Gasteiger partial charge on any atom is 0.328 e. The normalized spacial score (nSPS) is 28.5. The van der Waals surface area contributed by atoms with Crippen molar-refractivity contribution in [1.29, 1.82) is 0 Å². The highest BCUT2D eigenvalue weighted by molar-refractivity contribution is 6.04. The molecule has 19 heavy (non-hydrogen) atoms. The molecule has 0 saturated heterocycles. The topological polar surface area (TPSA) is 52.6 Å². The Bertz CT molecular complexity index is 538. The van der Waals surface area contributed by atoms with Crippen LogP contribution in [-0.2, 0) is 19.1 Å². The molecule has 0 saturated carbocycles. The second-order valence-corrected chi connectivity index (χ2v) is 4.98. The van der Waals surface area contributed by atoms with E-state index in [2.05, 4.69) is 0 Å². The van der Waals surface area contributed by atoms with Gasteiger partial charge in [0.15, 0.2) is 11.2 Å². The molecule has 0 radical (unpaired) electrons. The molecule has 3 aliphatic rings. The predicted molar refractivity (Wildman–Crippen MR) is 67.9 cm³/mol. The van der Waals surface area contributed by atoms with E-state index >= 15 is 0 Å². The van der Waals surface area contributed by atoms with Crippen LogP contribution in [-0.4, -0.2) is 18.4 Å². The Morgan fingerprint density at radius 3 is 3.00 bits per heavy atom. The molecule has 0 spiro atoms. The molecule has 1 heterocycles. The Balaban J connectivity index is 2.11. The summed E-state index contributed by atoms with van der Waals surface area (Å²) < 4.78 is 11.0. The van der Waals surface area contributed by atoms with E-state index in [1.165, 1.54) is 12.2 Å². The van der Waals surface area contributed by atoms with Crippen molar-refractivity contribution in [3.8, 4) is 0 Å². The van der Waals surface area contributed by atoms with Crippen LogP contribution in [0.25, 0.3) is 0 Å². The van der Waals surface area contributed by atoms with E-state index in [0.29, 0.717) is 12.4 Å². The van der Waals surface area contributed by atoms with E-state index in [-0.39, 0.29) is 11.8 Å². The smallest absolute Gasteiger partial charge is 0.328 e. The monoisotopic (exact) mass is 260 g/mol. The van der Waals surface area contributed by atoms with E-state index in [4.69, 9.17) is 9.47 Å². The van der Waals surface area contributed by atoms with Gasteiger partial charge in [0.05, 0.1) is 6.61 Å². The van der Waals surface area contributed by atoms with E-state index < -0.39 is 5.41 Å². The lowest BCUT2D eigenvalue weighted by molar-refractivity contribution is -0.149. The van der Waals surface area contributed by atoms with Crippen molar-refractivity contribution in [2.24, 2.45) is 5.41 Å². The summed E-state index contributed by atoms with van der Waals surface area (Å²) in [5, 5.41) is 0. The predicted octanol–water partition coefficient (Wildman–Crippen LogP) is 2.42. The standard InChI is InChI=1S/C15H16O4/c1-2-18-14(17)15-8-7-10(16)9-13(15)19-12-6-4-3-5-11(12)15/h7-9H,2-6H2,1H3. The molecule has 4 nitrogen and oxygen atoms in total. The lowest BCUT2D eigenvalue weighted by atomic mass is 9.73. The molecule has 100 valence electrons. The average molecular weight is 260 g/mol. The van der Waals surface area contributed by atoms with Gasteiger partial charge in [-0.2, -0.15) is 0 Å². The number of fused-ring (bicyclic) bond motifs is 2. The summed E-state index contributed by atoms with van der Waals surface area (Å²) in [6.45, 7) is 2.10. The fourth-order valence-electron chi connectivity index (χ4n) is 3.02. The Morgan fingerprint density at radius 1 is 1.42 bits per heavy atom. The van der Waals surface area contributed by atoms with Crippen molar-refractivity contribution in [2.45, 2.75) is 32.6 Å². The molecule has 0 bridgehead atoms. The van der Waals surface area contributed by atoms with Crippen LogP contribution in [0.4, 0.5) is 0 Å². The first-order chi connectivity index (χ1) is 9.18. The molecule has 0 amide bonds. The largest absolute Gasteiger partial charge is 0.465 e. The third kappa shape index (κ3) is 1.66. The summed E-state index contributed by atoms with van der Waals surface area (Å²) >= 11 is 0. The molecule has 3 rings (SSSR count). The van der Waals surface area contributed by atoms with Gasteiger partial charge < -0.3 is 9.47 Å². The van der Waals surface area contributed by atoms with E-state index in [1.807, 2.05) is 0 Å². The van der Waals surface area contributed by atoms with Crippen molar-refractivity contribution in [3.63, 3.8) is 0 Å². The lowest BCUT2D eigenvalue weighted by Gasteiger charge is -2.28. The molecule has 0 aromatic heterocycles. The number of carbonyl (C=O) groups is 2. The second kappa shape index (κ2) is 4.37. The SMILES string of the molecule is CCOC(=O)C12C=CC(=O)C=C1OC1=C2CCCC1. The number of ether oxygens (including phenoxy) is 2. The van der Waals surface area contributed by atoms with Gasteiger partial charge in [-0.05, 0) is 37.8 Å². The minimum absolute atomic E-state index is 0.144. The Kier molecular flexibility index (Phi) is 2.81. The lowest BCUT2D eigenvalue weighted by Crippen LogP contribution is -2.35. The first-order valence-electron chi connectivity index (χ1n) is 6.71. The van der Waals surface area contributed by atoms with Gasteiger partial charge in [0, 0.05) is 12.5 Å². The summed E-state index contributed by atoms with van der Waals surface area (Å²) in [6, 6.07) is 0. The van der Waals surface area contributed by atoms with Crippen LogP contribution in [0.5, 0.6) is 0 Å². The van der Waals surface area contributed by atoms with Crippen LogP contribution in [0.1, 0.15) is 32.6 Å². The zero-order valence-electron chi connectivity index (χ0n) is 10.9. The summed E-state index contributed by atoms with van der Waals surface area (Å²) in [7, 11) is 0. The number of rotatable bonds is 2. The van der Waals surface area contributed by atoms with Gasteiger partial charge in [0.1, 0.15) is 11.5 Å². The molecule has 1 atom stereocenters. The number of allylic oxidation sites excluding steroid dienone is 3. The summed E-state index contributed by atoms with van der Waals surface area (Å²) in [5.74, 6) is 0.793. The Labute approximate surface area is 111 Å².